The first kappa shape index (κ1) is 53.4. The monoisotopic (exact) mass is 883 g/mol. The maximum Gasteiger partial charge on any atom is 0.401 e. The molecule has 1 amide bonds. The van der Waals surface area contributed by atoms with E-state index in [4.69, 9.17) is 39.5 Å². The number of esters is 6. The van der Waals surface area contributed by atoms with Crippen LogP contribution in [0.4, 0.5) is 17.6 Å². The van der Waals surface area contributed by atoms with Crippen LogP contribution in [0.15, 0.2) is 10.2 Å². The second-order valence-corrected chi connectivity index (χ2v) is 14.1. The highest BCUT2D eigenvalue weighted by Gasteiger charge is 2.60. The fourth-order valence-electron chi connectivity index (χ4n) is 6.75. The molecule has 2 aliphatic heterocycles. The second kappa shape index (κ2) is 22.9. The average molecular weight is 884 g/mol. The van der Waals surface area contributed by atoms with Crippen molar-refractivity contribution in [2.24, 2.45) is 33.9 Å². The zero-order chi connectivity index (χ0) is 47.2. The van der Waals surface area contributed by atoms with Gasteiger partial charge >= 0.3 is 53.7 Å². The number of amides is 1. The third-order valence-corrected chi connectivity index (χ3v) is 9.63. The van der Waals surface area contributed by atoms with Crippen molar-refractivity contribution in [2.45, 2.75) is 150 Å². The second-order valence-electron chi connectivity index (χ2n) is 14.1. The molecule has 0 aromatic carbocycles. The Morgan fingerprint density at radius 3 is 1.85 bits per heavy atom. The van der Waals surface area contributed by atoms with E-state index in [1.165, 1.54) is 6.92 Å². The van der Waals surface area contributed by atoms with Crippen molar-refractivity contribution in [3.63, 3.8) is 0 Å². The molecule has 26 heteroatoms. The molecule has 2 saturated heterocycles. The fraction of sp³-hybridized carbons (Fsp3) is 0.771. The van der Waals surface area contributed by atoms with Crippen molar-refractivity contribution >= 4 is 47.5 Å². The van der Waals surface area contributed by atoms with Gasteiger partial charge in [-0.25, -0.2) is 4.79 Å². The van der Waals surface area contributed by atoms with Crippen LogP contribution in [0.1, 0.15) is 94.9 Å². The highest BCUT2D eigenvalue weighted by molar-refractivity contribution is 5.90. The molecule has 0 saturated carbocycles. The van der Waals surface area contributed by atoms with Crippen molar-refractivity contribution in [3.8, 4) is 0 Å². The highest BCUT2D eigenvalue weighted by Crippen LogP contribution is 2.43. The number of hydrogen-bond acceptors (Lipinski definition) is 17. The average Bonchev–Trinajstić information content (AvgIpc) is 3.13. The zero-order valence-electron chi connectivity index (χ0n) is 34.9. The molecule has 0 aliphatic carbocycles. The number of alkyl halides is 4. The predicted molar refractivity (Wildman–Crippen MR) is 194 cm³/mol. The molecule has 0 radical (unpaired) electrons. The summed E-state index contributed by atoms with van der Waals surface area (Å²) >= 11 is 0. The maximum absolute atomic E-state index is 14.1. The molecule has 1 N–H and O–H groups in total. The largest absolute Gasteiger partial charge is 0.462 e. The highest BCUT2D eigenvalue weighted by atomic mass is 19.3. The maximum atomic E-state index is 14.1. The molecular weight excluding hydrogens is 834 g/mol. The van der Waals surface area contributed by atoms with E-state index in [2.05, 4.69) is 20.3 Å². The summed E-state index contributed by atoms with van der Waals surface area (Å²) < 4.78 is 91.5. The van der Waals surface area contributed by atoms with Gasteiger partial charge in [-0.1, -0.05) is 34.6 Å². The number of ketones is 1. The van der Waals surface area contributed by atoms with Gasteiger partial charge < -0.3 is 38.5 Å². The van der Waals surface area contributed by atoms with Gasteiger partial charge in [-0.2, -0.15) is 17.6 Å². The number of rotatable bonds is 16. The normalized spacial score (nSPS) is 27.0. The van der Waals surface area contributed by atoms with Crippen molar-refractivity contribution in [1.82, 2.24) is 5.32 Å². The molecular formula is C35H49F4N7O15. The van der Waals surface area contributed by atoms with E-state index in [0.717, 1.165) is 34.6 Å². The van der Waals surface area contributed by atoms with Crippen LogP contribution in [-0.2, 0) is 71.5 Å². The number of nitrogens with zero attached hydrogens (tertiary/aromatic N) is 6. The predicted octanol–water partition coefficient (Wildman–Crippen LogP) is 4.86. The Balaban J connectivity index is 0.000000689. The molecule has 0 spiro atoms. The lowest BCUT2D eigenvalue weighted by Crippen LogP contribution is -2.62. The summed E-state index contributed by atoms with van der Waals surface area (Å²) in [7, 11) is 0. The lowest BCUT2D eigenvalue weighted by atomic mass is 9.76. The molecule has 2 fully saturated rings. The molecule has 342 valence electrons. The molecule has 4 unspecified atom stereocenters. The number of azide groups is 2. The van der Waals surface area contributed by atoms with E-state index in [-0.39, 0.29) is 24.4 Å². The van der Waals surface area contributed by atoms with Crippen molar-refractivity contribution in [2.75, 3.05) is 0 Å². The summed E-state index contributed by atoms with van der Waals surface area (Å²) in [5.74, 6) is -15.2. The lowest BCUT2D eigenvalue weighted by molar-refractivity contribution is -0.304. The number of carbonyl (C=O) groups is 8. The van der Waals surface area contributed by atoms with Crippen LogP contribution in [0.25, 0.3) is 20.9 Å². The minimum absolute atomic E-state index is 0.0646. The van der Waals surface area contributed by atoms with Gasteiger partial charge in [-0.15, -0.1) is 0 Å². The van der Waals surface area contributed by atoms with Crippen molar-refractivity contribution in [1.29, 1.82) is 0 Å². The van der Waals surface area contributed by atoms with Crippen LogP contribution in [0, 0.1) is 23.7 Å². The minimum atomic E-state index is -4.48. The standard InChI is InChI=1S/C22H29F2N3O11.C13H20F2N4O4/c1-7-16(34-11(3)28)10(2)19-15(8-18(32)22(23,24)26-27-25)17(35-12(4)29)9-21(38-19,37-14(6)31)20(33)36-13(5)30;1-5-9-6(2)7(3)10(11(23-9)22-8(4)20)17-12(21)13(14,15)18-19-16/h10,15-17,19H,7-9H2,1-6H3;6-7,9-11H,5H2,1-4H3,(H,17,21)/t10-,15-,16-,17-,19?,21-;6-,7-,9?,10?,11?/m10/s1. The van der Waals surface area contributed by atoms with Crippen LogP contribution >= 0.6 is 0 Å². The minimum Gasteiger partial charge on any atom is -0.462 e. The number of nitrogens with one attached hydrogen (secondary N) is 1. The molecule has 22 nitrogen and oxygen atoms in total. The van der Waals surface area contributed by atoms with Gasteiger partial charge in [0.1, 0.15) is 12.2 Å². The van der Waals surface area contributed by atoms with E-state index in [1.807, 2.05) is 23.7 Å². The molecule has 2 heterocycles. The van der Waals surface area contributed by atoms with E-state index in [1.54, 1.807) is 13.8 Å². The molecule has 11 atom stereocenters. The summed E-state index contributed by atoms with van der Waals surface area (Å²) in [6.45, 7) is 13.5. The number of halogens is 4. The topological polar surface area (TPSA) is 311 Å². The Hall–Kier alpha value is -5.58. The summed E-state index contributed by atoms with van der Waals surface area (Å²) in [6, 6.07) is -9.70. The van der Waals surface area contributed by atoms with Crippen LogP contribution in [0.5, 0.6) is 0 Å². The molecule has 0 aromatic heterocycles. The first-order valence-electron chi connectivity index (χ1n) is 18.6. The summed E-state index contributed by atoms with van der Waals surface area (Å²) in [5.41, 5.74) is 16.5. The van der Waals surface area contributed by atoms with Crippen LogP contribution in [0.3, 0.4) is 0 Å². The number of Topliss-reactive ketones (excluding diaryl/α,β-unsaturated/α-hetero) is 1. The van der Waals surface area contributed by atoms with Gasteiger partial charge in [-0.3, -0.25) is 33.6 Å². The van der Waals surface area contributed by atoms with Gasteiger partial charge in [0.2, 0.25) is 12.1 Å². The van der Waals surface area contributed by atoms with E-state index >= 15 is 0 Å². The van der Waals surface area contributed by atoms with Gasteiger partial charge in [-0.05, 0) is 46.0 Å². The van der Waals surface area contributed by atoms with Crippen molar-refractivity contribution < 1.29 is 89.1 Å². The summed E-state index contributed by atoms with van der Waals surface area (Å²) in [5, 5.41) is 6.43. The zero-order valence-corrected chi connectivity index (χ0v) is 34.9. The molecule has 2 rings (SSSR count). The smallest absolute Gasteiger partial charge is 0.401 e. The van der Waals surface area contributed by atoms with Gasteiger partial charge in [0.05, 0.1) is 24.7 Å². The number of hydrogen-bond donors (Lipinski definition) is 1. The van der Waals surface area contributed by atoms with E-state index < -0.39 is 121 Å². The molecule has 61 heavy (non-hydrogen) atoms. The molecule has 0 bridgehead atoms. The number of carbonyl (C=O) groups excluding carboxylic acids is 8. The van der Waals surface area contributed by atoms with Gasteiger partial charge in [0, 0.05) is 62.7 Å². The Morgan fingerprint density at radius 1 is 0.836 bits per heavy atom. The quantitative estimate of drug-likeness (QED) is 0.0316. The summed E-state index contributed by atoms with van der Waals surface area (Å²) in [6.07, 6.45) is -6.73. The van der Waals surface area contributed by atoms with Crippen molar-refractivity contribution in [3.05, 3.63) is 20.9 Å². The molecule has 2 aliphatic rings. The summed E-state index contributed by atoms with van der Waals surface area (Å²) in [4.78, 5) is 99.1. The van der Waals surface area contributed by atoms with Crippen LogP contribution < -0.4 is 5.32 Å². The van der Waals surface area contributed by atoms with Gasteiger partial charge in [0.25, 0.3) is 5.91 Å². The lowest BCUT2D eigenvalue weighted by Gasteiger charge is -2.48. The first-order chi connectivity index (χ1) is 28.1. The van der Waals surface area contributed by atoms with E-state index in [0.29, 0.717) is 6.42 Å². The van der Waals surface area contributed by atoms with Crippen LogP contribution in [0.2, 0.25) is 0 Å². The third kappa shape index (κ3) is 15.1. The van der Waals surface area contributed by atoms with Crippen LogP contribution in [-0.4, -0.2) is 102 Å². The molecule has 0 aromatic rings. The Labute approximate surface area is 346 Å². The fourth-order valence-corrected chi connectivity index (χ4v) is 6.75. The number of ether oxygens (including phenoxy) is 7. The Morgan fingerprint density at radius 2 is 1.39 bits per heavy atom. The third-order valence-electron chi connectivity index (χ3n) is 9.63. The Bertz CT molecular complexity index is 1760. The first-order valence-corrected chi connectivity index (χ1v) is 18.6. The van der Waals surface area contributed by atoms with E-state index in [9.17, 15) is 55.9 Å². The Kier molecular flexibility index (Phi) is 20.0. The van der Waals surface area contributed by atoms with Gasteiger partial charge in [0.15, 0.2) is 0 Å². The SMILES string of the molecule is CCC1OC(OC(C)=O)C(NC(=O)C(F)(F)N=[N+]=[N-])[C@@H](C)[C@@H]1C.CC[C@@H](OC(C)=O)[C@@H](C)C1O[C@@](OC(C)=O)(C(=O)OC(C)=O)C[C@@H](OC(C)=O)[C@H]1CC(=O)C(F)(F)N=[N+]=[N-].